The van der Waals surface area contributed by atoms with E-state index in [-0.39, 0.29) is 0 Å². The fourth-order valence-corrected chi connectivity index (χ4v) is 5.55. The summed E-state index contributed by atoms with van der Waals surface area (Å²) in [5, 5.41) is 13.6. The zero-order valence-corrected chi connectivity index (χ0v) is 18.4. The Balaban J connectivity index is 1.33. The van der Waals surface area contributed by atoms with Gasteiger partial charge in [0.05, 0.1) is 29.2 Å². The number of aromatic nitrogens is 4. The molecule has 1 spiro atoms. The summed E-state index contributed by atoms with van der Waals surface area (Å²) in [6, 6.07) is 12.7. The highest BCUT2D eigenvalue weighted by molar-refractivity contribution is 5.76. The molecule has 3 aromatic heterocycles. The van der Waals surface area contributed by atoms with Crippen molar-refractivity contribution < 1.29 is 4.39 Å². The van der Waals surface area contributed by atoms with Gasteiger partial charge in [-0.2, -0.15) is 10.4 Å². The van der Waals surface area contributed by atoms with Gasteiger partial charge in [0.2, 0.25) is 0 Å². The fraction of sp³-hybridized carbons (Fsp3) is 0.308. The molecular weight excluding hydrogens is 415 g/mol. The predicted octanol–water partition coefficient (Wildman–Crippen LogP) is 4.50. The number of anilines is 1. The molecule has 0 radical (unpaired) electrons. The van der Waals surface area contributed by atoms with Crippen LogP contribution >= 0.6 is 0 Å². The van der Waals surface area contributed by atoms with E-state index in [9.17, 15) is 4.39 Å². The van der Waals surface area contributed by atoms with Crippen molar-refractivity contribution in [2.24, 2.45) is 5.41 Å². The molecule has 7 heteroatoms. The van der Waals surface area contributed by atoms with Crippen LogP contribution in [0, 0.1) is 29.5 Å². The zero-order chi connectivity index (χ0) is 22.6. The van der Waals surface area contributed by atoms with Crippen LogP contribution in [0.4, 0.5) is 10.2 Å². The van der Waals surface area contributed by atoms with E-state index in [1.807, 2.05) is 31.3 Å². The van der Waals surface area contributed by atoms with Gasteiger partial charge in [-0.1, -0.05) is 6.07 Å². The molecule has 4 aromatic rings. The van der Waals surface area contributed by atoms with Crippen molar-refractivity contribution in [1.29, 1.82) is 5.26 Å². The maximum Gasteiger partial charge on any atom is 0.155 e. The van der Waals surface area contributed by atoms with Gasteiger partial charge in [0, 0.05) is 30.5 Å². The first-order valence-corrected chi connectivity index (χ1v) is 11.3. The zero-order valence-electron chi connectivity index (χ0n) is 18.4. The van der Waals surface area contributed by atoms with Gasteiger partial charge >= 0.3 is 0 Å². The summed E-state index contributed by atoms with van der Waals surface area (Å²) < 4.78 is 16.6. The van der Waals surface area contributed by atoms with Gasteiger partial charge in [0.25, 0.3) is 0 Å². The second-order valence-corrected chi connectivity index (χ2v) is 9.25. The van der Waals surface area contributed by atoms with Crippen LogP contribution in [-0.4, -0.2) is 32.7 Å². The van der Waals surface area contributed by atoms with Crippen LogP contribution in [0.1, 0.15) is 35.4 Å². The predicted molar refractivity (Wildman–Crippen MR) is 123 cm³/mol. The van der Waals surface area contributed by atoms with Crippen molar-refractivity contribution in [3.8, 4) is 17.3 Å². The minimum Gasteiger partial charge on any atom is -0.355 e. The molecule has 0 amide bonds. The van der Waals surface area contributed by atoms with E-state index in [2.05, 4.69) is 21.0 Å². The molecule has 1 fully saturated rings. The Kier molecular flexibility index (Phi) is 4.44. The molecular formula is C26H23FN6. The Hall–Kier alpha value is -3.79. The van der Waals surface area contributed by atoms with Gasteiger partial charge in [0.1, 0.15) is 11.3 Å². The van der Waals surface area contributed by atoms with Crippen LogP contribution in [0.3, 0.4) is 0 Å². The summed E-state index contributed by atoms with van der Waals surface area (Å²) >= 11 is 0. The van der Waals surface area contributed by atoms with E-state index in [1.165, 1.54) is 17.3 Å². The van der Waals surface area contributed by atoms with E-state index in [0.717, 1.165) is 50.1 Å². The topological polar surface area (TPSA) is 70.1 Å². The number of rotatable bonds is 2. The third-order valence-corrected chi connectivity index (χ3v) is 7.27. The lowest BCUT2D eigenvalue weighted by atomic mass is 9.76. The van der Waals surface area contributed by atoms with Crippen molar-refractivity contribution in [1.82, 2.24) is 19.6 Å². The summed E-state index contributed by atoms with van der Waals surface area (Å²) in [7, 11) is 0. The smallest absolute Gasteiger partial charge is 0.155 e. The molecule has 1 saturated heterocycles. The molecule has 6 nitrogen and oxygen atoms in total. The van der Waals surface area contributed by atoms with Gasteiger partial charge in [-0.05, 0) is 73.9 Å². The molecule has 4 heterocycles. The first-order chi connectivity index (χ1) is 16.1. The molecule has 1 aliphatic carbocycles. The van der Waals surface area contributed by atoms with Crippen LogP contribution < -0.4 is 4.90 Å². The lowest BCUT2D eigenvalue weighted by Crippen LogP contribution is -2.41. The van der Waals surface area contributed by atoms with E-state index in [1.54, 1.807) is 22.8 Å². The van der Waals surface area contributed by atoms with E-state index < -0.39 is 5.82 Å². The van der Waals surface area contributed by atoms with Crippen LogP contribution in [0.2, 0.25) is 0 Å². The minimum atomic E-state index is -0.446. The lowest BCUT2D eigenvalue weighted by molar-refractivity contribution is 0.231. The minimum absolute atomic E-state index is 0.293. The first kappa shape index (κ1) is 19.9. The molecule has 0 unspecified atom stereocenters. The maximum atomic E-state index is 14.8. The molecule has 6 rings (SSSR count). The number of halogens is 1. The van der Waals surface area contributed by atoms with Gasteiger partial charge < -0.3 is 4.90 Å². The number of hydrogen-bond acceptors (Lipinski definition) is 5. The van der Waals surface area contributed by atoms with Crippen molar-refractivity contribution in [3.05, 3.63) is 77.1 Å². The summed E-state index contributed by atoms with van der Waals surface area (Å²) in [6.07, 6.45) is 7.98. The number of pyridine rings is 1. The van der Waals surface area contributed by atoms with Crippen LogP contribution in [-0.2, 0) is 12.8 Å². The largest absolute Gasteiger partial charge is 0.355 e. The Morgan fingerprint density at radius 1 is 1.09 bits per heavy atom. The van der Waals surface area contributed by atoms with Crippen LogP contribution in [0.15, 0.2) is 48.8 Å². The number of nitrogens with zero attached hydrogens (tertiary/aromatic N) is 6. The normalized spacial score (nSPS) is 16.8. The third kappa shape index (κ3) is 3.17. The monoisotopic (exact) mass is 438 g/mol. The summed E-state index contributed by atoms with van der Waals surface area (Å²) in [5.41, 5.74) is 5.83. The maximum absolute atomic E-state index is 14.8. The van der Waals surface area contributed by atoms with Gasteiger partial charge in [-0.15, -0.1) is 0 Å². The second kappa shape index (κ2) is 7.38. The van der Waals surface area contributed by atoms with Gasteiger partial charge in [-0.25, -0.2) is 13.9 Å². The standard InChI is InChI=1S/C26H23FN6/c1-17-24(20-5-4-18(16-28)13-21(20)27)33-23(6-10-30-33)25(31-17)32-11-7-26(8-12-32)14-19-3-2-9-29-22(19)15-26/h2-6,9-10,13H,7-8,11-12,14-15H2,1H3. The van der Waals surface area contributed by atoms with E-state index in [0.29, 0.717) is 27.9 Å². The molecule has 164 valence electrons. The van der Waals surface area contributed by atoms with Crippen molar-refractivity contribution in [3.63, 3.8) is 0 Å². The summed E-state index contributed by atoms with van der Waals surface area (Å²) in [6.45, 7) is 3.74. The van der Waals surface area contributed by atoms with Crippen molar-refractivity contribution in [2.75, 3.05) is 18.0 Å². The van der Waals surface area contributed by atoms with Crippen molar-refractivity contribution >= 4 is 11.3 Å². The highest BCUT2D eigenvalue weighted by atomic mass is 19.1. The van der Waals surface area contributed by atoms with Crippen LogP contribution in [0.25, 0.3) is 16.8 Å². The summed E-state index contributed by atoms with van der Waals surface area (Å²) in [4.78, 5) is 11.9. The number of piperidine rings is 1. The van der Waals surface area contributed by atoms with Crippen molar-refractivity contribution in [2.45, 2.75) is 32.6 Å². The molecule has 2 aliphatic rings. The second-order valence-electron chi connectivity index (χ2n) is 9.25. The molecule has 0 saturated carbocycles. The Morgan fingerprint density at radius 3 is 2.70 bits per heavy atom. The molecule has 1 aromatic carbocycles. The average molecular weight is 439 g/mol. The molecule has 0 atom stereocenters. The lowest BCUT2D eigenvalue weighted by Gasteiger charge is -2.40. The molecule has 0 bridgehead atoms. The summed E-state index contributed by atoms with van der Waals surface area (Å²) in [5.74, 6) is 0.448. The number of aryl methyl sites for hydroxylation is 1. The highest BCUT2D eigenvalue weighted by Crippen LogP contribution is 2.45. The molecule has 0 N–H and O–H groups in total. The number of fused-ring (bicyclic) bond motifs is 2. The fourth-order valence-electron chi connectivity index (χ4n) is 5.55. The Labute approximate surface area is 191 Å². The quantitative estimate of drug-likeness (QED) is 0.461. The van der Waals surface area contributed by atoms with Crippen LogP contribution in [0.5, 0.6) is 0 Å². The molecule has 1 aliphatic heterocycles. The third-order valence-electron chi connectivity index (χ3n) is 7.27. The Morgan fingerprint density at radius 2 is 1.94 bits per heavy atom. The SMILES string of the molecule is Cc1nc(N2CCC3(CC2)Cc2cccnc2C3)c2ccnn2c1-c1ccc(C#N)cc1F. The van der Waals surface area contributed by atoms with E-state index >= 15 is 0 Å². The average Bonchev–Trinajstić information content (AvgIpc) is 3.44. The first-order valence-electron chi connectivity index (χ1n) is 11.3. The number of nitriles is 1. The van der Waals surface area contributed by atoms with Gasteiger partial charge in [-0.3, -0.25) is 4.98 Å². The number of benzene rings is 1. The van der Waals surface area contributed by atoms with Gasteiger partial charge in [0.15, 0.2) is 5.82 Å². The van der Waals surface area contributed by atoms with E-state index in [4.69, 9.17) is 10.2 Å². The molecule has 33 heavy (non-hydrogen) atoms. The Bertz CT molecular complexity index is 1400. The highest BCUT2D eigenvalue weighted by Gasteiger charge is 2.41. The number of hydrogen-bond donors (Lipinski definition) is 0.